The van der Waals surface area contributed by atoms with Gasteiger partial charge in [-0.1, -0.05) is 34.9 Å². The lowest BCUT2D eigenvalue weighted by molar-refractivity contribution is -0.116. The van der Waals surface area contributed by atoms with Crippen molar-refractivity contribution in [2.75, 3.05) is 0 Å². The Hall–Kier alpha value is -1.11. The van der Waals surface area contributed by atoms with Gasteiger partial charge in [-0.3, -0.25) is 0 Å². The maximum Gasteiger partial charge on any atom is 0.130 e. The van der Waals surface area contributed by atoms with Crippen molar-refractivity contribution in [3.8, 4) is 0 Å². The molecule has 0 aliphatic carbocycles. The Morgan fingerprint density at radius 3 is 1.53 bits per heavy atom. The zero-order chi connectivity index (χ0) is 14.7. The van der Waals surface area contributed by atoms with Gasteiger partial charge in [0.05, 0.1) is 0 Å². The number of rotatable bonds is 9. The Balaban J connectivity index is 3.86. The van der Waals surface area contributed by atoms with E-state index in [-0.39, 0.29) is 5.78 Å². The summed E-state index contributed by atoms with van der Waals surface area (Å²) in [5.74, 6) is 0.277. The predicted octanol–water partition coefficient (Wildman–Crippen LogP) is 5.77. The lowest BCUT2D eigenvalue weighted by Gasteiger charge is -2.01. The molecule has 1 heteroatoms. The van der Waals surface area contributed by atoms with Crippen LogP contribution in [0.1, 0.15) is 73.1 Å². The van der Waals surface area contributed by atoms with E-state index in [1.807, 2.05) is 0 Å². The fourth-order valence-corrected chi connectivity index (χ4v) is 1.86. The summed E-state index contributed by atoms with van der Waals surface area (Å²) in [5, 5.41) is 0. The first-order chi connectivity index (χ1) is 8.91. The molecule has 0 rings (SSSR count). The van der Waals surface area contributed by atoms with Crippen LogP contribution in [0.15, 0.2) is 34.9 Å². The molecule has 0 heterocycles. The average Bonchev–Trinajstić information content (AvgIpc) is 2.27. The van der Waals surface area contributed by atoms with Crippen LogP contribution in [0.4, 0.5) is 0 Å². The van der Waals surface area contributed by atoms with Crippen LogP contribution in [0.2, 0.25) is 0 Å². The molecule has 0 saturated carbocycles. The van der Waals surface area contributed by atoms with Crippen LogP contribution in [0.3, 0.4) is 0 Å². The number of hydrogen-bond donors (Lipinski definition) is 0. The van der Waals surface area contributed by atoms with Crippen LogP contribution in [0.5, 0.6) is 0 Å². The molecule has 1 nitrogen and oxygen atoms in total. The second kappa shape index (κ2) is 10.8. The summed E-state index contributed by atoms with van der Waals surface area (Å²) in [6, 6.07) is 0. The lowest BCUT2D eigenvalue weighted by atomic mass is 10.1. The molecule has 0 N–H and O–H groups in total. The Morgan fingerprint density at radius 2 is 1.11 bits per heavy atom. The molecule has 0 unspecified atom stereocenters. The van der Waals surface area contributed by atoms with Gasteiger partial charge in [0, 0.05) is 6.42 Å². The van der Waals surface area contributed by atoms with Crippen LogP contribution in [0, 0.1) is 0 Å². The maximum absolute atomic E-state index is 10.8. The first kappa shape index (κ1) is 17.9. The normalized spacial score (nSPS) is 12.5. The predicted molar refractivity (Wildman–Crippen MR) is 85.3 cm³/mol. The highest BCUT2D eigenvalue weighted by Crippen LogP contribution is 2.12. The lowest BCUT2D eigenvalue weighted by Crippen LogP contribution is -1.87. The molecular formula is C18H30O. The van der Waals surface area contributed by atoms with E-state index in [0.717, 1.165) is 32.1 Å². The first-order valence-electron chi connectivity index (χ1n) is 7.36. The minimum absolute atomic E-state index is 0.277. The van der Waals surface area contributed by atoms with E-state index in [2.05, 4.69) is 45.9 Å². The molecule has 19 heavy (non-hydrogen) atoms. The van der Waals surface area contributed by atoms with Crippen LogP contribution in [0.25, 0.3) is 0 Å². The van der Waals surface area contributed by atoms with Crippen LogP contribution in [-0.2, 0) is 4.79 Å². The molecule has 0 aliphatic rings. The van der Waals surface area contributed by atoms with Gasteiger partial charge in [0.2, 0.25) is 0 Å². The van der Waals surface area contributed by atoms with Crippen molar-refractivity contribution in [2.45, 2.75) is 73.1 Å². The van der Waals surface area contributed by atoms with E-state index in [4.69, 9.17) is 0 Å². The summed E-state index contributed by atoms with van der Waals surface area (Å²) in [4.78, 5) is 10.8. The minimum Gasteiger partial charge on any atom is -0.300 e. The van der Waals surface area contributed by atoms with Crippen molar-refractivity contribution in [1.29, 1.82) is 0 Å². The van der Waals surface area contributed by atoms with E-state index in [1.165, 1.54) is 16.7 Å². The molecule has 0 aromatic carbocycles. The van der Waals surface area contributed by atoms with Crippen molar-refractivity contribution in [1.82, 2.24) is 0 Å². The summed E-state index contributed by atoms with van der Waals surface area (Å²) < 4.78 is 0. The third-order valence-corrected chi connectivity index (χ3v) is 3.11. The molecule has 0 fully saturated rings. The van der Waals surface area contributed by atoms with Crippen molar-refractivity contribution in [2.24, 2.45) is 0 Å². The third-order valence-electron chi connectivity index (χ3n) is 3.11. The van der Waals surface area contributed by atoms with E-state index in [1.54, 1.807) is 6.92 Å². The molecule has 0 aromatic rings. The van der Waals surface area contributed by atoms with E-state index in [0.29, 0.717) is 6.42 Å². The quantitative estimate of drug-likeness (QED) is 0.482. The van der Waals surface area contributed by atoms with Crippen LogP contribution in [-0.4, -0.2) is 5.78 Å². The Kier molecular flexibility index (Phi) is 10.1. The monoisotopic (exact) mass is 262 g/mol. The molecule has 0 aliphatic heterocycles. The molecule has 0 radical (unpaired) electrons. The summed E-state index contributed by atoms with van der Waals surface area (Å²) in [5.41, 5.74) is 4.28. The van der Waals surface area contributed by atoms with Crippen molar-refractivity contribution in [3.05, 3.63) is 34.9 Å². The fraction of sp³-hybridized carbons (Fsp3) is 0.611. The highest BCUT2D eigenvalue weighted by molar-refractivity contribution is 5.75. The van der Waals surface area contributed by atoms with Crippen LogP contribution < -0.4 is 0 Å². The molecule has 0 bridgehead atoms. The van der Waals surface area contributed by atoms with Gasteiger partial charge in [-0.2, -0.15) is 0 Å². The molecule has 0 atom stereocenters. The summed E-state index contributed by atoms with van der Waals surface area (Å²) in [6.45, 7) is 10.3. The first-order valence-corrected chi connectivity index (χ1v) is 7.36. The SMILES string of the molecule is CC(=O)CC/C=C(\C)CC/C=C(\C)CCC=C(C)C. The van der Waals surface area contributed by atoms with Crippen molar-refractivity contribution >= 4 is 5.78 Å². The van der Waals surface area contributed by atoms with Gasteiger partial charge in [0.25, 0.3) is 0 Å². The number of carbonyl (C=O) groups is 1. The van der Waals surface area contributed by atoms with E-state index in [9.17, 15) is 4.79 Å². The smallest absolute Gasteiger partial charge is 0.130 e. The number of ketones is 1. The molecular weight excluding hydrogens is 232 g/mol. The average molecular weight is 262 g/mol. The summed E-state index contributed by atoms with van der Waals surface area (Å²) in [6.07, 6.45) is 13.0. The number of Topliss-reactive ketones (excluding diaryl/α,β-unsaturated/α-hetero) is 1. The van der Waals surface area contributed by atoms with Gasteiger partial charge in [-0.05, 0) is 66.7 Å². The number of hydrogen-bond acceptors (Lipinski definition) is 1. The van der Waals surface area contributed by atoms with Gasteiger partial charge in [0.1, 0.15) is 5.78 Å². The zero-order valence-electron chi connectivity index (χ0n) is 13.4. The zero-order valence-corrected chi connectivity index (χ0v) is 13.4. The second-order valence-electron chi connectivity index (χ2n) is 5.70. The van der Waals surface area contributed by atoms with E-state index < -0.39 is 0 Å². The second-order valence-corrected chi connectivity index (χ2v) is 5.70. The molecule has 0 amide bonds. The maximum atomic E-state index is 10.8. The highest BCUT2D eigenvalue weighted by atomic mass is 16.1. The minimum atomic E-state index is 0.277. The standard InChI is InChI=1S/C18H30O/c1-15(2)9-6-10-16(3)11-7-12-17(4)13-8-14-18(5)19/h9,11,13H,6-8,10,12,14H2,1-5H3/b16-11+,17-13+. The topological polar surface area (TPSA) is 17.1 Å². The molecule has 108 valence electrons. The van der Waals surface area contributed by atoms with Gasteiger partial charge in [-0.25, -0.2) is 0 Å². The van der Waals surface area contributed by atoms with Crippen molar-refractivity contribution < 1.29 is 4.79 Å². The van der Waals surface area contributed by atoms with Crippen LogP contribution >= 0.6 is 0 Å². The van der Waals surface area contributed by atoms with Gasteiger partial charge < -0.3 is 4.79 Å². The number of allylic oxidation sites excluding steroid dienone is 6. The van der Waals surface area contributed by atoms with Gasteiger partial charge in [-0.15, -0.1) is 0 Å². The third kappa shape index (κ3) is 13.1. The summed E-state index contributed by atoms with van der Waals surface area (Å²) >= 11 is 0. The molecule has 0 aromatic heterocycles. The van der Waals surface area contributed by atoms with Crippen molar-refractivity contribution in [3.63, 3.8) is 0 Å². The highest BCUT2D eigenvalue weighted by Gasteiger charge is 1.93. The summed E-state index contributed by atoms with van der Waals surface area (Å²) in [7, 11) is 0. The van der Waals surface area contributed by atoms with Gasteiger partial charge in [0.15, 0.2) is 0 Å². The fourth-order valence-electron chi connectivity index (χ4n) is 1.86. The van der Waals surface area contributed by atoms with E-state index >= 15 is 0 Å². The van der Waals surface area contributed by atoms with Gasteiger partial charge >= 0.3 is 0 Å². The Morgan fingerprint density at radius 1 is 0.684 bits per heavy atom. The number of carbonyl (C=O) groups excluding carboxylic acids is 1. The Bertz CT molecular complexity index is 352. The largest absolute Gasteiger partial charge is 0.300 e. The molecule has 0 spiro atoms. The molecule has 0 saturated heterocycles. The Labute approximate surface area is 119 Å².